The number of fused-ring (bicyclic) bond motifs is 1. The lowest BCUT2D eigenvalue weighted by Gasteiger charge is -2.33. The summed E-state index contributed by atoms with van der Waals surface area (Å²) in [5, 5.41) is 3.61. The van der Waals surface area contributed by atoms with Gasteiger partial charge in [0.05, 0.1) is 22.9 Å². The van der Waals surface area contributed by atoms with Crippen LogP contribution >= 0.6 is 11.3 Å². The Bertz CT molecular complexity index is 805. The van der Waals surface area contributed by atoms with E-state index in [4.69, 9.17) is 10.5 Å². The maximum atomic E-state index is 13.0. The molecule has 3 rings (SSSR count). The van der Waals surface area contributed by atoms with E-state index in [0.717, 1.165) is 24.8 Å². The van der Waals surface area contributed by atoms with Crippen molar-refractivity contribution in [3.63, 3.8) is 0 Å². The van der Waals surface area contributed by atoms with Crippen LogP contribution in [0.15, 0.2) is 24.3 Å². The molecule has 26 heavy (non-hydrogen) atoms. The predicted octanol–water partition coefficient (Wildman–Crippen LogP) is 5.13. The molecule has 140 valence electrons. The van der Waals surface area contributed by atoms with Gasteiger partial charge >= 0.3 is 0 Å². The topological polar surface area (TPSA) is 64.3 Å². The van der Waals surface area contributed by atoms with E-state index in [1.54, 1.807) is 11.3 Å². The third kappa shape index (κ3) is 3.73. The van der Waals surface area contributed by atoms with Gasteiger partial charge < -0.3 is 15.8 Å². The average molecular weight is 373 g/mol. The van der Waals surface area contributed by atoms with Gasteiger partial charge in [-0.2, -0.15) is 0 Å². The monoisotopic (exact) mass is 372 g/mol. The molecule has 0 saturated heterocycles. The molecular weight excluding hydrogens is 344 g/mol. The number of carbonyl (C=O) groups excluding carboxylic acids is 1. The van der Waals surface area contributed by atoms with E-state index in [1.165, 1.54) is 4.88 Å². The van der Waals surface area contributed by atoms with Crippen LogP contribution in [0.1, 0.15) is 54.9 Å². The standard InChI is InChI=1S/C21H28N2O2S/c1-5-25-16-9-7-6-8-15(16)23-20(24)18-14-11-10-13(21(2,3)4)12-17(14)26-19(18)22/h6-9,13H,5,10-12,22H2,1-4H3,(H,23,24)/t13-/m1/s1. The molecule has 4 nitrogen and oxygen atoms in total. The van der Waals surface area contributed by atoms with Crippen molar-refractivity contribution in [3.8, 4) is 5.75 Å². The van der Waals surface area contributed by atoms with Crippen LogP contribution in [0.5, 0.6) is 5.75 Å². The average Bonchev–Trinajstić information content (AvgIpc) is 2.91. The SMILES string of the molecule is CCOc1ccccc1NC(=O)c1c(N)sc2c1CC[C@@H](C(C)(C)C)C2. The minimum Gasteiger partial charge on any atom is -0.492 e. The van der Waals surface area contributed by atoms with E-state index in [9.17, 15) is 4.79 Å². The number of ether oxygens (including phenoxy) is 1. The zero-order chi connectivity index (χ0) is 18.9. The van der Waals surface area contributed by atoms with Gasteiger partial charge in [-0.3, -0.25) is 4.79 Å². The largest absolute Gasteiger partial charge is 0.492 e. The van der Waals surface area contributed by atoms with Crippen molar-refractivity contribution < 1.29 is 9.53 Å². The molecule has 1 aromatic heterocycles. The van der Waals surface area contributed by atoms with Gasteiger partial charge in [0, 0.05) is 4.88 Å². The number of nitrogens with two attached hydrogens (primary N) is 1. The highest BCUT2D eigenvalue weighted by Crippen LogP contribution is 2.43. The Kier molecular flexibility index (Phi) is 5.28. The quantitative estimate of drug-likeness (QED) is 0.782. The van der Waals surface area contributed by atoms with Gasteiger partial charge in [0.25, 0.3) is 5.91 Å². The lowest BCUT2D eigenvalue weighted by Crippen LogP contribution is -2.27. The minimum atomic E-state index is -0.138. The summed E-state index contributed by atoms with van der Waals surface area (Å²) in [6.45, 7) is 9.35. The number of hydrogen-bond donors (Lipinski definition) is 2. The van der Waals surface area contributed by atoms with Crippen LogP contribution in [0.3, 0.4) is 0 Å². The number of carbonyl (C=O) groups is 1. The van der Waals surface area contributed by atoms with Crippen LogP contribution in [0.2, 0.25) is 0 Å². The van der Waals surface area contributed by atoms with Crippen molar-refractivity contribution in [2.24, 2.45) is 11.3 Å². The zero-order valence-electron chi connectivity index (χ0n) is 16.0. The highest BCUT2D eigenvalue weighted by atomic mass is 32.1. The molecule has 1 heterocycles. The van der Waals surface area contributed by atoms with Gasteiger partial charge in [0.1, 0.15) is 5.75 Å². The summed E-state index contributed by atoms with van der Waals surface area (Å²) in [5.74, 6) is 1.17. The summed E-state index contributed by atoms with van der Waals surface area (Å²) in [6, 6.07) is 7.50. The van der Waals surface area contributed by atoms with Crippen LogP contribution in [-0.4, -0.2) is 12.5 Å². The number of hydrogen-bond acceptors (Lipinski definition) is 4. The van der Waals surface area contributed by atoms with Crippen LogP contribution in [0.25, 0.3) is 0 Å². The molecule has 1 aliphatic rings. The molecule has 0 aliphatic heterocycles. The van der Waals surface area contributed by atoms with Gasteiger partial charge in [-0.1, -0.05) is 32.9 Å². The summed E-state index contributed by atoms with van der Waals surface area (Å²) in [7, 11) is 0. The first-order chi connectivity index (χ1) is 12.3. The first kappa shape index (κ1) is 18.8. The van der Waals surface area contributed by atoms with Crippen molar-refractivity contribution in [2.45, 2.75) is 47.0 Å². The third-order valence-electron chi connectivity index (χ3n) is 5.18. The van der Waals surface area contributed by atoms with E-state index < -0.39 is 0 Å². The number of para-hydroxylation sites is 2. The number of rotatable bonds is 4. The Morgan fingerprint density at radius 1 is 1.35 bits per heavy atom. The minimum absolute atomic E-state index is 0.138. The summed E-state index contributed by atoms with van der Waals surface area (Å²) in [6.07, 6.45) is 3.03. The Labute approximate surface area is 159 Å². The maximum Gasteiger partial charge on any atom is 0.259 e. The van der Waals surface area contributed by atoms with Crippen LogP contribution < -0.4 is 15.8 Å². The van der Waals surface area contributed by atoms with E-state index in [-0.39, 0.29) is 11.3 Å². The lowest BCUT2D eigenvalue weighted by atomic mass is 9.72. The van der Waals surface area contributed by atoms with E-state index in [0.29, 0.717) is 34.5 Å². The van der Waals surface area contributed by atoms with Crippen molar-refractivity contribution in [2.75, 3.05) is 17.7 Å². The van der Waals surface area contributed by atoms with E-state index in [2.05, 4.69) is 26.1 Å². The van der Waals surface area contributed by atoms with Crippen LogP contribution in [-0.2, 0) is 12.8 Å². The van der Waals surface area contributed by atoms with Crippen molar-refractivity contribution in [1.29, 1.82) is 0 Å². The first-order valence-corrected chi connectivity index (χ1v) is 10.1. The molecule has 0 radical (unpaired) electrons. The third-order valence-corrected chi connectivity index (χ3v) is 6.26. The van der Waals surface area contributed by atoms with Crippen molar-refractivity contribution >= 4 is 27.9 Å². The highest BCUT2D eigenvalue weighted by molar-refractivity contribution is 7.16. The Hall–Kier alpha value is -2.01. The van der Waals surface area contributed by atoms with Gasteiger partial charge in [-0.25, -0.2) is 0 Å². The zero-order valence-corrected chi connectivity index (χ0v) is 16.8. The van der Waals surface area contributed by atoms with Crippen LogP contribution in [0.4, 0.5) is 10.7 Å². The smallest absolute Gasteiger partial charge is 0.259 e. The molecule has 1 amide bonds. The summed E-state index contributed by atoms with van der Waals surface area (Å²) < 4.78 is 5.61. The number of amides is 1. The molecule has 1 atom stereocenters. The van der Waals surface area contributed by atoms with Gasteiger partial charge in [-0.05, 0) is 55.2 Å². The second kappa shape index (κ2) is 7.31. The molecule has 0 fully saturated rings. The number of nitrogens with one attached hydrogen (secondary N) is 1. The molecule has 3 N–H and O–H groups in total. The molecule has 0 saturated carbocycles. The summed E-state index contributed by atoms with van der Waals surface area (Å²) in [5.41, 5.74) is 9.00. The van der Waals surface area contributed by atoms with E-state index >= 15 is 0 Å². The molecule has 2 aromatic rings. The summed E-state index contributed by atoms with van der Waals surface area (Å²) >= 11 is 1.58. The van der Waals surface area contributed by atoms with Gasteiger partial charge in [0.2, 0.25) is 0 Å². The second-order valence-electron chi connectivity index (χ2n) is 7.93. The Morgan fingerprint density at radius 2 is 2.08 bits per heavy atom. The van der Waals surface area contributed by atoms with Crippen molar-refractivity contribution in [1.82, 2.24) is 0 Å². The molecule has 1 aromatic carbocycles. The van der Waals surface area contributed by atoms with Crippen molar-refractivity contribution in [3.05, 3.63) is 40.3 Å². The fourth-order valence-electron chi connectivity index (χ4n) is 3.63. The predicted molar refractivity (Wildman–Crippen MR) is 109 cm³/mol. The Morgan fingerprint density at radius 3 is 2.77 bits per heavy atom. The lowest BCUT2D eigenvalue weighted by molar-refractivity contribution is 0.102. The maximum absolute atomic E-state index is 13.0. The molecule has 0 spiro atoms. The highest BCUT2D eigenvalue weighted by Gasteiger charge is 2.33. The number of anilines is 2. The van der Waals surface area contributed by atoms with Crippen LogP contribution in [0, 0.1) is 11.3 Å². The molecule has 0 bridgehead atoms. The molecular formula is C21H28N2O2S. The number of benzene rings is 1. The van der Waals surface area contributed by atoms with Gasteiger partial charge in [-0.15, -0.1) is 11.3 Å². The molecule has 0 unspecified atom stereocenters. The fraction of sp³-hybridized carbons (Fsp3) is 0.476. The fourth-order valence-corrected chi connectivity index (χ4v) is 4.83. The number of thiophene rings is 1. The first-order valence-electron chi connectivity index (χ1n) is 9.24. The molecule has 1 aliphatic carbocycles. The second-order valence-corrected chi connectivity index (χ2v) is 9.07. The Balaban J connectivity index is 1.85. The molecule has 5 heteroatoms. The van der Waals surface area contributed by atoms with Gasteiger partial charge in [0.15, 0.2) is 0 Å². The normalized spacial score (nSPS) is 16.8. The summed E-state index contributed by atoms with van der Waals surface area (Å²) in [4.78, 5) is 14.2. The van der Waals surface area contributed by atoms with E-state index in [1.807, 2.05) is 31.2 Å². The number of nitrogen functional groups attached to an aromatic ring is 1.